The van der Waals surface area contributed by atoms with Gasteiger partial charge in [-0.05, 0) is 99.5 Å². The molecule has 39 heavy (non-hydrogen) atoms. The largest absolute Gasteiger partial charge is 0.324 e. The number of halogens is 1. The van der Waals surface area contributed by atoms with E-state index in [2.05, 4.69) is 35.4 Å². The van der Waals surface area contributed by atoms with Crippen LogP contribution in [-0.2, 0) is 11.0 Å². The summed E-state index contributed by atoms with van der Waals surface area (Å²) in [5.41, 5.74) is 2.51. The van der Waals surface area contributed by atoms with Crippen LogP contribution in [0.1, 0.15) is 77.3 Å². The van der Waals surface area contributed by atoms with Crippen molar-refractivity contribution in [1.82, 2.24) is 18.8 Å². The number of pyridine rings is 1. The van der Waals surface area contributed by atoms with Gasteiger partial charge in [-0.15, -0.1) is 0 Å². The summed E-state index contributed by atoms with van der Waals surface area (Å²) in [5.74, 6) is 1.79. The molecule has 2 aliphatic carbocycles. The van der Waals surface area contributed by atoms with Gasteiger partial charge < -0.3 is 5.32 Å². The lowest BCUT2D eigenvalue weighted by Gasteiger charge is -2.38. The van der Waals surface area contributed by atoms with Crippen molar-refractivity contribution in [3.63, 3.8) is 0 Å². The van der Waals surface area contributed by atoms with Crippen molar-refractivity contribution in [3.8, 4) is 0 Å². The highest BCUT2D eigenvalue weighted by atomic mass is 35.5. The average Bonchev–Trinajstić information content (AvgIpc) is 3.58. The van der Waals surface area contributed by atoms with Gasteiger partial charge in [0.05, 0.1) is 4.90 Å². The van der Waals surface area contributed by atoms with Crippen molar-refractivity contribution in [3.05, 3.63) is 51.4 Å². The molecule has 1 spiro atoms. The number of aromatic nitrogens is 3. The van der Waals surface area contributed by atoms with Crippen molar-refractivity contribution in [2.24, 2.45) is 17.3 Å². The number of hydrogen-bond donors (Lipinski definition) is 1. The molecular weight excluding hydrogens is 530 g/mol. The van der Waals surface area contributed by atoms with E-state index in [0.29, 0.717) is 23.4 Å². The van der Waals surface area contributed by atoms with E-state index in [1.807, 2.05) is 29.7 Å². The van der Waals surface area contributed by atoms with Crippen LogP contribution < -0.4 is 10.9 Å². The summed E-state index contributed by atoms with van der Waals surface area (Å²) in [7, 11) is -1.20. The third-order valence-electron chi connectivity index (χ3n) is 9.45. The van der Waals surface area contributed by atoms with E-state index in [-0.39, 0.29) is 28.1 Å². The molecule has 3 heterocycles. The number of benzene rings is 1. The summed E-state index contributed by atoms with van der Waals surface area (Å²) in [4.78, 5) is 23.4. The average molecular weight is 568 g/mol. The molecule has 1 saturated heterocycles. The summed E-state index contributed by atoms with van der Waals surface area (Å²) < 4.78 is 17.5. The molecule has 3 aromatic rings. The first-order valence-corrected chi connectivity index (χ1v) is 15.8. The Morgan fingerprint density at radius 1 is 1.18 bits per heavy atom. The maximum absolute atomic E-state index is 13.5. The molecule has 4 unspecified atom stereocenters. The lowest BCUT2D eigenvalue weighted by molar-refractivity contribution is 0.180. The first-order valence-electron chi connectivity index (χ1n) is 14.3. The molecule has 2 aromatic heterocycles. The monoisotopic (exact) mass is 567 g/mol. The number of fused-ring (bicyclic) bond motifs is 1. The van der Waals surface area contributed by atoms with Crippen molar-refractivity contribution < 1.29 is 4.21 Å². The van der Waals surface area contributed by atoms with E-state index in [0.717, 1.165) is 73.0 Å². The summed E-state index contributed by atoms with van der Waals surface area (Å²) in [6.45, 7) is 9.61. The minimum absolute atomic E-state index is 0.137. The Bertz CT molecular complexity index is 1500. The van der Waals surface area contributed by atoms with Gasteiger partial charge in [-0.1, -0.05) is 31.9 Å². The van der Waals surface area contributed by atoms with Gasteiger partial charge in [0.25, 0.3) is 5.56 Å². The fourth-order valence-corrected chi connectivity index (χ4v) is 8.51. The Balaban J connectivity index is 1.26. The molecule has 1 N–H and O–H groups in total. The molecule has 1 aromatic carbocycles. The number of nitrogens with zero attached hydrogens (tertiary/aromatic N) is 4. The maximum atomic E-state index is 13.5. The Morgan fingerprint density at radius 3 is 2.67 bits per heavy atom. The maximum Gasteiger partial charge on any atom is 0.271 e. The van der Waals surface area contributed by atoms with Gasteiger partial charge in [0.2, 0.25) is 5.95 Å². The molecule has 0 amide bonds. The van der Waals surface area contributed by atoms with Crippen LogP contribution in [0.3, 0.4) is 0 Å². The molecule has 4 atom stereocenters. The van der Waals surface area contributed by atoms with Gasteiger partial charge in [-0.3, -0.25) is 9.36 Å². The Kier molecular flexibility index (Phi) is 7.09. The van der Waals surface area contributed by atoms with E-state index in [4.69, 9.17) is 16.6 Å². The standard InChI is InChI=1S/C30H38ClN5O2S/c1-18(2)21-9-13-35(20(4)15-21)39(38)23-7-8-25(19(3)14-23)33-29-32-17-22-16-24(31)28(37)36(27(22)34-29)26-6-5-10-30(26)11-12-30/h7-8,14,16-18,20-21,26H,5-6,9-13,15H2,1-4H3,(H,32,33,34). The SMILES string of the molecule is Cc1cc(S(=O)N2CCC(C(C)C)CC2C)ccc1Nc1ncc2cc(Cl)c(=O)n(C3CCCC34CC4)c2n1. The molecule has 2 saturated carbocycles. The van der Waals surface area contributed by atoms with E-state index >= 15 is 0 Å². The van der Waals surface area contributed by atoms with Gasteiger partial charge in [-0.25, -0.2) is 13.5 Å². The van der Waals surface area contributed by atoms with Crippen LogP contribution in [0.4, 0.5) is 11.6 Å². The number of anilines is 2. The summed E-state index contributed by atoms with van der Waals surface area (Å²) in [6.07, 6.45) is 9.50. The lowest BCUT2D eigenvalue weighted by atomic mass is 9.84. The lowest BCUT2D eigenvalue weighted by Crippen LogP contribution is -2.42. The van der Waals surface area contributed by atoms with Crippen LogP contribution >= 0.6 is 11.6 Å². The highest BCUT2D eigenvalue weighted by Crippen LogP contribution is 2.63. The minimum atomic E-state index is -1.20. The molecule has 7 nitrogen and oxygen atoms in total. The molecule has 3 aliphatic rings. The van der Waals surface area contributed by atoms with E-state index < -0.39 is 11.0 Å². The van der Waals surface area contributed by atoms with Gasteiger partial charge in [0.15, 0.2) is 0 Å². The van der Waals surface area contributed by atoms with Crippen LogP contribution in [0.2, 0.25) is 5.02 Å². The third-order valence-corrected chi connectivity index (χ3v) is 11.3. The summed E-state index contributed by atoms with van der Waals surface area (Å²) in [5, 5.41) is 4.33. The molecule has 3 fully saturated rings. The van der Waals surface area contributed by atoms with Crippen LogP contribution in [0.15, 0.2) is 40.2 Å². The van der Waals surface area contributed by atoms with Crippen LogP contribution in [-0.4, -0.2) is 35.6 Å². The molecular formula is C30H38ClN5O2S. The predicted molar refractivity (Wildman–Crippen MR) is 158 cm³/mol. The Labute approximate surface area is 238 Å². The van der Waals surface area contributed by atoms with E-state index in [1.165, 1.54) is 0 Å². The molecule has 9 heteroatoms. The smallest absolute Gasteiger partial charge is 0.271 e. The second-order valence-corrected chi connectivity index (χ2v) is 14.1. The van der Waals surface area contributed by atoms with Crippen LogP contribution in [0.5, 0.6) is 0 Å². The summed E-state index contributed by atoms with van der Waals surface area (Å²) >= 11 is 6.37. The second-order valence-electron chi connectivity index (χ2n) is 12.3. The fraction of sp³-hybridized carbons (Fsp3) is 0.567. The number of rotatable bonds is 6. The highest BCUT2D eigenvalue weighted by Gasteiger charge is 2.53. The molecule has 1 aliphatic heterocycles. The zero-order valence-corrected chi connectivity index (χ0v) is 24.8. The zero-order chi connectivity index (χ0) is 27.5. The minimum Gasteiger partial charge on any atom is -0.324 e. The van der Waals surface area contributed by atoms with E-state index in [9.17, 15) is 9.00 Å². The predicted octanol–water partition coefficient (Wildman–Crippen LogP) is 6.78. The van der Waals surface area contributed by atoms with Crippen molar-refractivity contribution >= 4 is 45.3 Å². The number of aryl methyl sites for hydroxylation is 1. The van der Waals surface area contributed by atoms with Gasteiger partial charge >= 0.3 is 0 Å². The molecule has 208 valence electrons. The van der Waals surface area contributed by atoms with E-state index in [1.54, 1.807) is 12.3 Å². The van der Waals surface area contributed by atoms with Gasteiger partial charge in [-0.2, -0.15) is 4.98 Å². The molecule has 0 radical (unpaired) electrons. The Morgan fingerprint density at radius 2 is 1.97 bits per heavy atom. The topological polar surface area (TPSA) is 80.1 Å². The second kappa shape index (κ2) is 10.3. The Hall–Kier alpha value is -2.29. The molecule has 0 bridgehead atoms. The van der Waals surface area contributed by atoms with Crippen molar-refractivity contribution in [2.45, 2.75) is 89.6 Å². The third kappa shape index (κ3) is 4.93. The number of piperidine rings is 1. The van der Waals surface area contributed by atoms with Gasteiger partial charge in [0, 0.05) is 35.9 Å². The van der Waals surface area contributed by atoms with Crippen molar-refractivity contribution in [1.29, 1.82) is 0 Å². The molecule has 6 rings (SSSR count). The van der Waals surface area contributed by atoms with Crippen LogP contribution in [0.25, 0.3) is 11.0 Å². The van der Waals surface area contributed by atoms with Crippen LogP contribution in [0, 0.1) is 24.2 Å². The highest BCUT2D eigenvalue weighted by molar-refractivity contribution is 7.82. The quantitative estimate of drug-likeness (QED) is 0.355. The number of nitrogens with one attached hydrogen (secondary N) is 1. The zero-order valence-electron chi connectivity index (χ0n) is 23.2. The van der Waals surface area contributed by atoms with Gasteiger partial charge in [0.1, 0.15) is 21.7 Å². The number of hydrogen-bond acceptors (Lipinski definition) is 5. The normalized spacial score (nSPS) is 25.4. The van der Waals surface area contributed by atoms with Crippen molar-refractivity contribution in [2.75, 3.05) is 11.9 Å². The summed E-state index contributed by atoms with van der Waals surface area (Å²) in [6, 6.07) is 7.97. The first-order chi connectivity index (χ1) is 18.7. The fourth-order valence-electron chi connectivity index (χ4n) is 6.88. The first kappa shape index (κ1) is 26.9.